The Morgan fingerprint density at radius 3 is 2.74 bits per heavy atom. The zero-order chi connectivity index (χ0) is 18.9. The number of alkyl halides is 3. The van der Waals surface area contributed by atoms with Crippen LogP contribution in [0.25, 0.3) is 5.78 Å². The van der Waals surface area contributed by atoms with Crippen molar-refractivity contribution in [3.05, 3.63) is 54.0 Å². The summed E-state index contributed by atoms with van der Waals surface area (Å²) in [4.78, 5) is 9.50. The summed E-state index contributed by atoms with van der Waals surface area (Å²) in [6.45, 7) is 0.715. The van der Waals surface area contributed by atoms with Crippen LogP contribution in [0.2, 0.25) is 0 Å². The smallest absolute Gasteiger partial charge is 0.353 e. The SMILES string of the molecule is FC(F)(F)c1cc(N2CCCC2CCCc2ccccc2)n2ncnc2n1. The van der Waals surface area contributed by atoms with Crippen molar-refractivity contribution < 1.29 is 13.2 Å². The monoisotopic (exact) mass is 375 g/mol. The van der Waals surface area contributed by atoms with Crippen LogP contribution in [-0.2, 0) is 12.6 Å². The second kappa shape index (κ2) is 7.17. The van der Waals surface area contributed by atoms with Crippen molar-refractivity contribution in [2.75, 3.05) is 11.4 Å². The third-order valence-corrected chi connectivity index (χ3v) is 5.04. The predicted molar refractivity (Wildman–Crippen MR) is 95.5 cm³/mol. The van der Waals surface area contributed by atoms with Crippen molar-refractivity contribution in [2.24, 2.45) is 0 Å². The van der Waals surface area contributed by atoms with E-state index in [4.69, 9.17) is 0 Å². The molecule has 0 N–H and O–H groups in total. The Kier molecular flexibility index (Phi) is 4.72. The highest BCUT2D eigenvalue weighted by atomic mass is 19.4. The van der Waals surface area contributed by atoms with Crippen LogP contribution in [0.15, 0.2) is 42.7 Å². The van der Waals surface area contributed by atoms with Crippen molar-refractivity contribution in [3.8, 4) is 0 Å². The zero-order valence-corrected chi connectivity index (χ0v) is 14.7. The van der Waals surface area contributed by atoms with E-state index in [9.17, 15) is 13.2 Å². The van der Waals surface area contributed by atoms with Crippen LogP contribution in [0.1, 0.15) is 36.9 Å². The molecular weight excluding hydrogens is 355 g/mol. The van der Waals surface area contributed by atoms with E-state index in [-0.39, 0.29) is 11.8 Å². The summed E-state index contributed by atoms with van der Waals surface area (Å²) < 4.78 is 41.1. The third-order valence-electron chi connectivity index (χ3n) is 5.04. The van der Waals surface area contributed by atoms with Gasteiger partial charge in [0.15, 0.2) is 5.69 Å². The molecule has 2 aromatic heterocycles. The molecule has 3 aromatic rings. The van der Waals surface area contributed by atoms with E-state index in [0.29, 0.717) is 12.4 Å². The average molecular weight is 375 g/mol. The second-order valence-electron chi connectivity index (χ2n) is 6.84. The highest BCUT2D eigenvalue weighted by molar-refractivity contribution is 5.49. The molecule has 142 valence electrons. The first kappa shape index (κ1) is 17.8. The number of hydrogen-bond acceptors (Lipinski definition) is 4. The van der Waals surface area contributed by atoms with Gasteiger partial charge in [-0.05, 0) is 37.7 Å². The maximum absolute atomic E-state index is 13.2. The minimum atomic E-state index is -4.51. The van der Waals surface area contributed by atoms with Gasteiger partial charge in [0.1, 0.15) is 12.1 Å². The summed E-state index contributed by atoms with van der Waals surface area (Å²) in [6.07, 6.45) is 1.54. The van der Waals surface area contributed by atoms with Gasteiger partial charge in [-0.15, -0.1) is 0 Å². The fourth-order valence-corrected chi connectivity index (χ4v) is 3.77. The number of benzene rings is 1. The first-order valence-corrected chi connectivity index (χ1v) is 9.11. The van der Waals surface area contributed by atoms with Gasteiger partial charge in [-0.3, -0.25) is 0 Å². The van der Waals surface area contributed by atoms with Crippen LogP contribution < -0.4 is 4.90 Å². The van der Waals surface area contributed by atoms with Crippen molar-refractivity contribution >= 4 is 11.6 Å². The number of anilines is 1. The summed E-state index contributed by atoms with van der Waals surface area (Å²) in [7, 11) is 0. The summed E-state index contributed by atoms with van der Waals surface area (Å²) in [5, 5.41) is 4.08. The molecule has 1 fully saturated rings. The fraction of sp³-hybridized carbons (Fsp3) is 0.421. The molecule has 27 heavy (non-hydrogen) atoms. The van der Waals surface area contributed by atoms with Crippen molar-refractivity contribution in [1.82, 2.24) is 19.6 Å². The molecular formula is C19H20F3N5. The van der Waals surface area contributed by atoms with Crippen LogP contribution in [-0.4, -0.2) is 32.2 Å². The van der Waals surface area contributed by atoms with E-state index < -0.39 is 11.9 Å². The molecule has 1 saturated heterocycles. The van der Waals surface area contributed by atoms with Gasteiger partial charge in [-0.25, -0.2) is 4.98 Å². The van der Waals surface area contributed by atoms with E-state index in [1.807, 2.05) is 23.1 Å². The van der Waals surface area contributed by atoms with Gasteiger partial charge in [-0.1, -0.05) is 30.3 Å². The van der Waals surface area contributed by atoms with E-state index >= 15 is 0 Å². The number of aromatic nitrogens is 4. The van der Waals surface area contributed by atoms with Crippen molar-refractivity contribution in [1.29, 1.82) is 0 Å². The first-order chi connectivity index (χ1) is 13.0. The fourth-order valence-electron chi connectivity index (χ4n) is 3.77. The van der Waals surface area contributed by atoms with Crippen molar-refractivity contribution in [2.45, 2.75) is 44.3 Å². The molecule has 1 unspecified atom stereocenters. The molecule has 1 aromatic carbocycles. The van der Waals surface area contributed by atoms with Crippen LogP contribution in [0.5, 0.6) is 0 Å². The Bertz CT molecular complexity index is 907. The molecule has 0 amide bonds. The maximum Gasteiger partial charge on any atom is 0.433 e. The third kappa shape index (κ3) is 3.74. The number of aryl methyl sites for hydroxylation is 1. The van der Waals surface area contributed by atoms with E-state index in [0.717, 1.165) is 38.2 Å². The van der Waals surface area contributed by atoms with Gasteiger partial charge in [0.05, 0.1) is 0 Å². The molecule has 0 spiro atoms. The molecule has 5 nitrogen and oxygen atoms in total. The normalized spacial score (nSPS) is 17.7. The van der Waals surface area contributed by atoms with E-state index in [2.05, 4.69) is 27.2 Å². The number of fused-ring (bicyclic) bond motifs is 1. The number of nitrogens with zero attached hydrogens (tertiary/aromatic N) is 5. The van der Waals surface area contributed by atoms with Gasteiger partial charge < -0.3 is 4.90 Å². The van der Waals surface area contributed by atoms with Crippen LogP contribution in [0, 0.1) is 0 Å². The molecule has 0 saturated carbocycles. The van der Waals surface area contributed by atoms with Crippen LogP contribution in [0.4, 0.5) is 19.0 Å². The van der Waals surface area contributed by atoms with Gasteiger partial charge in [0, 0.05) is 18.7 Å². The van der Waals surface area contributed by atoms with Crippen LogP contribution in [0.3, 0.4) is 0 Å². The average Bonchev–Trinajstić information content (AvgIpc) is 3.30. The highest BCUT2D eigenvalue weighted by Gasteiger charge is 2.36. The predicted octanol–water partition coefficient (Wildman–Crippen LogP) is 4.13. The number of rotatable bonds is 5. The quantitative estimate of drug-likeness (QED) is 0.673. The lowest BCUT2D eigenvalue weighted by Gasteiger charge is -2.27. The summed E-state index contributed by atoms with van der Waals surface area (Å²) in [6, 6.07) is 11.5. The molecule has 1 aliphatic heterocycles. The first-order valence-electron chi connectivity index (χ1n) is 9.11. The lowest BCUT2D eigenvalue weighted by atomic mass is 10.0. The molecule has 8 heteroatoms. The van der Waals surface area contributed by atoms with Gasteiger partial charge in [-0.2, -0.15) is 27.8 Å². The lowest BCUT2D eigenvalue weighted by Crippen LogP contribution is -2.31. The summed E-state index contributed by atoms with van der Waals surface area (Å²) in [5.74, 6) is 0.404. The summed E-state index contributed by atoms with van der Waals surface area (Å²) in [5.41, 5.74) is 0.358. The second-order valence-corrected chi connectivity index (χ2v) is 6.84. The Labute approximate surface area is 154 Å². The molecule has 0 bridgehead atoms. The minimum Gasteiger partial charge on any atom is -0.353 e. The summed E-state index contributed by atoms with van der Waals surface area (Å²) >= 11 is 0. The molecule has 4 rings (SSSR count). The maximum atomic E-state index is 13.2. The molecule has 1 aliphatic rings. The number of hydrogen-bond donors (Lipinski definition) is 0. The van der Waals surface area contributed by atoms with Gasteiger partial charge in [0.25, 0.3) is 5.78 Å². The largest absolute Gasteiger partial charge is 0.433 e. The van der Waals surface area contributed by atoms with Crippen LogP contribution >= 0.6 is 0 Å². The van der Waals surface area contributed by atoms with Gasteiger partial charge >= 0.3 is 6.18 Å². The highest BCUT2D eigenvalue weighted by Crippen LogP contribution is 2.33. The number of halogens is 3. The van der Waals surface area contributed by atoms with E-state index in [1.165, 1.54) is 16.4 Å². The Morgan fingerprint density at radius 1 is 1.15 bits per heavy atom. The van der Waals surface area contributed by atoms with Gasteiger partial charge in [0.2, 0.25) is 0 Å². The molecule has 0 aliphatic carbocycles. The molecule has 3 heterocycles. The Hall–Kier alpha value is -2.64. The zero-order valence-electron chi connectivity index (χ0n) is 14.7. The van der Waals surface area contributed by atoms with E-state index in [1.54, 1.807) is 0 Å². The minimum absolute atomic E-state index is 0.0187. The standard InChI is InChI=1S/C19H20F3N5/c20-19(21,22)16-12-17(27-18(25-16)23-13-24-27)26-11-5-10-15(26)9-4-8-14-6-2-1-3-7-14/h1-3,6-7,12-13,15H,4-5,8-11H2. The Balaban J connectivity index is 1.55. The Morgan fingerprint density at radius 2 is 1.96 bits per heavy atom. The topological polar surface area (TPSA) is 46.3 Å². The molecule has 1 atom stereocenters. The lowest BCUT2D eigenvalue weighted by molar-refractivity contribution is -0.141. The van der Waals surface area contributed by atoms with Crippen molar-refractivity contribution in [3.63, 3.8) is 0 Å². The molecule has 0 radical (unpaired) electrons.